The van der Waals surface area contributed by atoms with Crippen molar-refractivity contribution in [3.8, 4) is 5.75 Å². The summed E-state index contributed by atoms with van der Waals surface area (Å²) in [7, 11) is -3.90. The molecule has 0 aromatic heterocycles. The van der Waals surface area contributed by atoms with E-state index in [0.29, 0.717) is 0 Å². The van der Waals surface area contributed by atoms with Crippen LogP contribution in [0.2, 0.25) is 0 Å². The number of aliphatic hydroxyl groups is 1. The lowest BCUT2D eigenvalue weighted by molar-refractivity contribution is -0.274. The molecule has 0 heterocycles. The van der Waals surface area contributed by atoms with Gasteiger partial charge in [-0.05, 0) is 43.0 Å². The van der Waals surface area contributed by atoms with Crippen molar-refractivity contribution in [1.29, 1.82) is 0 Å². The summed E-state index contributed by atoms with van der Waals surface area (Å²) in [5, 5.41) is 10.1. The summed E-state index contributed by atoms with van der Waals surface area (Å²) in [6.07, 6.45) is -0.694. The van der Waals surface area contributed by atoms with E-state index in [1.165, 1.54) is 0 Å². The summed E-state index contributed by atoms with van der Waals surface area (Å²) >= 11 is 0. The van der Waals surface area contributed by atoms with Crippen molar-refractivity contribution in [2.45, 2.75) is 49.5 Å². The standard InChI is InChI=1S/C15H20F3NO4S/c16-15(17,18)23-12-6-8-13(9-7-12)24(21,22)19-10-14(20)11-4-2-1-3-5-11/h6-9,11,14,19-20H,1-5,10H2/t14-/m1/s1. The van der Waals surface area contributed by atoms with Gasteiger partial charge in [-0.3, -0.25) is 0 Å². The molecule has 0 saturated heterocycles. The zero-order valence-corrected chi connectivity index (χ0v) is 13.7. The van der Waals surface area contributed by atoms with E-state index < -0.39 is 28.2 Å². The lowest BCUT2D eigenvalue weighted by atomic mass is 9.85. The molecule has 0 amide bonds. The fourth-order valence-corrected chi connectivity index (χ4v) is 3.84. The molecule has 1 aliphatic carbocycles. The summed E-state index contributed by atoms with van der Waals surface area (Å²) in [4.78, 5) is -0.187. The highest BCUT2D eigenvalue weighted by atomic mass is 32.2. The van der Waals surface area contributed by atoms with Crippen molar-refractivity contribution >= 4 is 10.0 Å². The molecule has 5 nitrogen and oxygen atoms in total. The van der Waals surface area contributed by atoms with Gasteiger partial charge < -0.3 is 9.84 Å². The van der Waals surface area contributed by atoms with Crippen LogP contribution < -0.4 is 9.46 Å². The molecular weight excluding hydrogens is 347 g/mol. The second kappa shape index (κ2) is 7.71. The first-order chi connectivity index (χ1) is 11.2. The van der Waals surface area contributed by atoms with Gasteiger partial charge in [-0.1, -0.05) is 19.3 Å². The number of benzene rings is 1. The van der Waals surface area contributed by atoms with Crippen LogP contribution in [0.3, 0.4) is 0 Å². The van der Waals surface area contributed by atoms with Gasteiger partial charge in [-0.25, -0.2) is 13.1 Å². The predicted molar refractivity (Wildman–Crippen MR) is 80.9 cm³/mol. The van der Waals surface area contributed by atoms with Crippen LogP contribution in [-0.4, -0.2) is 32.5 Å². The third-order valence-electron chi connectivity index (χ3n) is 4.04. The van der Waals surface area contributed by atoms with Crippen LogP contribution in [-0.2, 0) is 10.0 Å². The van der Waals surface area contributed by atoms with Crippen LogP contribution in [0.1, 0.15) is 32.1 Å². The topological polar surface area (TPSA) is 75.6 Å². The number of aliphatic hydroxyl groups excluding tert-OH is 1. The summed E-state index contributed by atoms with van der Waals surface area (Å²) < 4.78 is 66.5. The smallest absolute Gasteiger partial charge is 0.406 e. The van der Waals surface area contributed by atoms with E-state index in [-0.39, 0.29) is 17.4 Å². The Morgan fingerprint density at radius 3 is 2.29 bits per heavy atom. The van der Waals surface area contributed by atoms with Crippen molar-refractivity contribution in [3.05, 3.63) is 24.3 Å². The van der Waals surface area contributed by atoms with E-state index >= 15 is 0 Å². The minimum absolute atomic E-state index is 0.0732. The average Bonchev–Trinajstić information content (AvgIpc) is 2.52. The largest absolute Gasteiger partial charge is 0.573 e. The van der Waals surface area contributed by atoms with Crippen LogP contribution in [0.15, 0.2) is 29.2 Å². The van der Waals surface area contributed by atoms with Gasteiger partial charge in [0.15, 0.2) is 0 Å². The lowest BCUT2D eigenvalue weighted by Crippen LogP contribution is -2.37. The fraction of sp³-hybridized carbons (Fsp3) is 0.600. The van der Waals surface area contributed by atoms with Crippen LogP contribution in [0.25, 0.3) is 0 Å². The van der Waals surface area contributed by atoms with Crippen LogP contribution in [0.4, 0.5) is 13.2 Å². The number of hydrogen-bond acceptors (Lipinski definition) is 4. The molecule has 9 heteroatoms. The molecule has 0 radical (unpaired) electrons. The molecule has 2 N–H and O–H groups in total. The monoisotopic (exact) mass is 367 g/mol. The zero-order chi connectivity index (χ0) is 17.8. The number of sulfonamides is 1. The van der Waals surface area contributed by atoms with Gasteiger partial charge in [0, 0.05) is 6.54 Å². The molecular formula is C15H20F3NO4S. The highest BCUT2D eigenvalue weighted by Gasteiger charge is 2.31. The Morgan fingerprint density at radius 1 is 1.17 bits per heavy atom. The Bertz CT molecular complexity index is 625. The van der Waals surface area contributed by atoms with Crippen molar-refractivity contribution in [1.82, 2.24) is 4.72 Å². The van der Waals surface area contributed by atoms with Crippen LogP contribution in [0, 0.1) is 5.92 Å². The first-order valence-electron chi connectivity index (χ1n) is 7.71. The zero-order valence-electron chi connectivity index (χ0n) is 12.9. The number of rotatable bonds is 6. The molecule has 0 bridgehead atoms. The number of hydrogen-bond donors (Lipinski definition) is 2. The number of halogens is 3. The Hall–Kier alpha value is -1.32. The molecule has 1 atom stereocenters. The molecule has 1 aliphatic rings. The molecule has 1 aromatic carbocycles. The SMILES string of the molecule is O=S(=O)(NC[C@@H](O)C1CCCCC1)c1ccc(OC(F)(F)F)cc1. The molecule has 1 saturated carbocycles. The van der Waals surface area contributed by atoms with Crippen molar-refractivity contribution in [2.75, 3.05) is 6.54 Å². The third-order valence-corrected chi connectivity index (χ3v) is 5.48. The van der Waals surface area contributed by atoms with E-state index in [9.17, 15) is 26.7 Å². The fourth-order valence-electron chi connectivity index (χ4n) is 2.78. The van der Waals surface area contributed by atoms with Gasteiger partial charge in [0.1, 0.15) is 5.75 Å². The maximum absolute atomic E-state index is 12.1. The molecule has 2 rings (SSSR count). The van der Waals surface area contributed by atoms with Gasteiger partial charge in [0.05, 0.1) is 11.0 Å². The Morgan fingerprint density at radius 2 is 1.75 bits per heavy atom. The van der Waals surface area contributed by atoms with Crippen molar-refractivity contribution in [2.24, 2.45) is 5.92 Å². The molecule has 136 valence electrons. The molecule has 0 aliphatic heterocycles. The minimum Gasteiger partial charge on any atom is -0.406 e. The highest BCUT2D eigenvalue weighted by molar-refractivity contribution is 7.89. The van der Waals surface area contributed by atoms with E-state index in [0.717, 1.165) is 56.4 Å². The van der Waals surface area contributed by atoms with Gasteiger partial charge in [0.25, 0.3) is 0 Å². The first kappa shape index (κ1) is 19.0. The highest BCUT2D eigenvalue weighted by Crippen LogP contribution is 2.27. The number of nitrogens with one attached hydrogen (secondary N) is 1. The average molecular weight is 367 g/mol. The lowest BCUT2D eigenvalue weighted by Gasteiger charge is -2.26. The van der Waals surface area contributed by atoms with E-state index in [2.05, 4.69) is 9.46 Å². The van der Waals surface area contributed by atoms with Gasteiger partial charge in [0.2, 0.25) is 10.0 Å². The van der Waals surface area contributed by atoms with E-state index in [1.807, 2.05) is 0 Å². The number of alkyl halides is 3. The Kier molecular flexibility index (Phi) is 6.11. The normalized spacial score (nSPS) is 18.3. The quantitative estimate of drug-likeness (QED) is 0.811. The Balaban J connectivity index is 1.94. The summed E-state index contributed by atoms with van der Waals surface area (Å²) in [5.41, 5.74) is 0. The van der Waals surface area contributed by atoms with E-state index in [4.69, 9.17) is 0 Å². The Labute approximate surface area is 138 Å². The number of ether oxygens (including phenoxy) is 1. The molecule has 1 fully saturated rings. The van der Waals surface area contributed by atoms with E-state index in [1.54, 1.807) is 0 Å². The van der Waals surface area contributed by atoms with Crippen molar-refractivity contribution in [3.63, 3.8) is 0 Å². The van der Waals surface area contributed by atoms with Crippen LogP contribution in [0.5, 0.6) is 5.75 Å². The van der Waals surface area contributed by atoms with Gasteiger partial charge >= 0.3 is 6.36 Å². The maximum Gasteiger partial charge on any atom is 0.573 e. The maximum atomic E-state index is 12.1. The van der Waals surface area contributed by atoms with Gasteiger partial charge in [-0.2, -0.15) is 0 Å². The third kappa shape index (κ3) is 5.64. The molecule has 24 heavy (non-hydrogen) atoms. The molecule has 1 aromatic rings. The molecule has 0 spiro atoms. The molecule has 0 unspecified atom stereocenters. The summed E-state index contributed by atoms with van der Waals surface area (Å²) in [6.45, 7) is -0.117. The van der Waals surface area contributed by atoms with Crippen molar-refractivity contribution < 1.29 is 31.4 Å². The predicted octanol–water partition coefficient (Wildman–Crippen LogP) is 2.80. The van der Waals surface area contributed by atoms with Gasteiger partial charge in [-0.15, -0.1) is 13.2 Å². The first-order valence-corrected chi connectivity index (χ1v) is 9.19. The minimum atomic E-state index is -4.83. The van der Waals surface area contributed by atoms with Crippen LogP contribution >= 0.6 is 0 Å². The summed E-state index contributed by atoms with van der Waals surface area (Å²) in [5.74, 6) is -0.423. The second-order valence-electron chi connectivity index (χ2n) is 5.84. The second-order valence-corrected chi connectivity index (χ2v) is 7.60. The summed E-state index contributed by atoms with van der Waals surface area (Å²) in [6, 6.07) is 3.91.